The quantitative estimate of drug-likeness (QED) is 0.372. The molecule has 0 aliphatic heterocycles. The number of para-hydroxylation sites is 1. The number of amides is 1. The number of thioether (sulfide) groups is 1. The monoisotopic (exact) mass is 424 g/mol. The summed E-state index contributed by atoms with van der Waals surface area (Å²) in [5.74, 6) is -0.0360. The number of nitriles is 1. The maximum Gasteiger partial charge on any atom is 0.267 e. The van der Waals surface area contributed by atoms with Crippen LogP contribution in [0.25, 0.3) is 15.9 Å². The molecule has 2 aromatic heterocycles. The molecule has 1 amide bonds. The Morgan fingerprint density at radius 3 is 2.86 bits per heavy atom. The van der Waals surface area contributed by atoms with Crippen LogP contribution in [-0.2, 0) is 17.6 Å². The average Bonchev–Trinajstić information content (AvgIpc) is 3.12. The number of hydrogen-bond acceptors (Lipinski definition) is 6. The molecule has 8 heteroatoms. The second-order valence-electron chi connectivity index (χ2n) is 6.81. The van der Waals surface area contributed by atoms with Gasteiger partial charge >= 0.3 is 0 Å². The van der Waals surface area contributed by atoms with Crippen LogP contribution >= 0.6 is 23.1 Å². The van der Waals surface area contributed by atoms with Crippen LogP contribution in [0, 0.1) is 11.3 Å². The molecule has 0 spiro atoms. The van der Waals surface area contributed by atoms with Crippen LogP contribution in [0.15, 0.2) is 40.3 Å². The second-order valence-corrected chi connectivity index (χ2v) is 8.83. The first-order valence-corrected chi connectivity index (χ1v) is 11.4. The number of nitrogens with one attached hydrogen (secondary N) is 1. The fourth-order valence-electron chi connectivity index (χ4n) is 3.53. The smallest absolute Gasteiger partial charge is 0.267 e. The van der Waals surface area contributed by atoms with Crippen LogP contribution in [0.4, 0.5) is 0 Å². The van der Waals surface area contributed by atoms with Gasteiger partial charge in [0.25, 0.3) is 5.56 Å². The predicted molar refractivity (Wildman–Crippen MR) is 116 cm³/mol. The first-order chi connectivity index (χ1) is 14.2. The summed E-state index contributed by atoms with van der Waals surface area (Å²) in [7, 11) is 0. The summed E-state index contributed by atoms with van der Waals surface area (Å²) in [5, 5.41) is 12.6. The van der Waals surface area contributed by atoms with Gasteiger partial charge in [-0.2, -0.15) is 5.26 Å². The number of hydrogen-bond donors (Lipinski definition) is 1. The van der Waals surface area contributed by atoms with E-state index in [2.05, 4.69) is 5.32 Å². The van der Waals surface area contributed by atoms with E-state index in [1.54, 1.807) is 15.9 Å². The number of aryl methyl sites for hydroxylation is 2. The normalized spacial score (nSPS) is 13.1. The molecule has 0 radical (unpaired) electrons. The number of nitrogens with zero attached hydrogens (tertiary/aromatic N) is 3. The van der Waals surface area contributed by atoms with Crippen molar-refractivity contribution in [1.82, 2.24) is 14.9 Å². The van der Waals surface area contributed by atoms with Gasteiger partial charge < -0.3 is 5.32 Å². The number of carbonyl (C=O) groups is 1. The molecule has 1 N–H and O–H groups in total. The summed E-state index contributed by atoms with van der Waals surface area (Å²) < 4.78 is 1.62. The van der Waals surface area contributed by atoms with Crippen molar-refractivity contribution in [2.45, 2.75) is 37.3 Å². The van der Waals surface area contributed by atoms with Crippen molar-refractivity contribution >= 4 is 39.2 Å². The van der Waals surface area contributed by atoms with Gasteiger partial charge in [-0.25, -0.2) is 4.98 Å². The van der Waals surface area contributed by atoms with Crippen molar-refractivity contribution in [3.05, 3.63) is 51.1 Å². The molecule has 29 heavy (non-hydrogen) atoms. The van der Waals surface area contributed by atoms with Crippen LogP contribution in [0.1, 0.15) is 29.7 Å². The van der Waals surface area contributed by atoms with Gasteiger partial charge in [-0.1, -0.05) is 30.0 Å². The summed E-state index contributed by atoms with van der Waals surface area (Å²) in [4.78, 5) is 32.4. The number of aromatic nitrogens is 2. The first-order valence-electron chi connectivity index (χ1n) is 9.58. The average molecular weight is 425 g/mol. The summed E-state index contributed by atoms with van der Waals surface area (Å²) in [6, 6.07) is 11.4. The first kappa shape index (κ1) is 19.7. The van der Waals surface area contributed by atoms with E-state index >= 15 is 0 Å². The van der Waals surface area contributed by atoms with Crippen molar-refractivity contribution in [3.8, 4) is 11.8 Å². The van der Waals surface area contributed by atoms with E-state index in [-0.39, 0.29) is 23.6 Å². The zero-order valence-corrected chi connectivity index (χ0v) is 17.4. The highest BCUT2D eigenvalue weighted by Gasteiger charge is 2.23. The van der Waals surface area contributed by atoms with E-state index in [0.717, 1.165) is 47.2 Å². The highest BCUT2D eigenvalue weighted by Crippen LogP contribution is 2.35. The molecule has 1 aliphatic carbocycles. The van der Waals surface area contributed by atoms with E-state index in [0.29, 0.717) is 11.7 Å². The highest BCUT2D eigenvalue weighted by molar-refractivity contribution is 7.99. The minimum Gasteiger partial charge on any atom is -0.354 e. The zero-order valence-electron chi connectivity index (χ0n) is 15.8. The molecule has 2 heterocycles. The molecular formula is C21H20N4O2S2. The molecule has 0 unspecified atom stereocenters. The minimum absolute atomic E-state index is 0.0620. The maximum atomic E-state index is 13.5. The third-order valence-corrected chi connectivity index (χ3v) is 6.99. The lowest BCUT2D eigenvalue weighted by Gasteiger charge is -2.13. The third-order valence-electron chi connectivity index (χ3n) is 4.86. The van der Waals surface area contributed by atoms with Gasteiger partial charge in [0.15, 0.2) is 5.16 Å². The van der Waals surface area contributed by atoms with E-state index in [1.807, 2.05) is 36.4 Å². The molecule has 148 valence electrons. The summed E-state index contributed by atoms with van der Waals surface area (Å²) in [5.41, 5.74) is 1.84. The predicted octanol–water partition coefficient (Wildman–Crippen LogP) is 3.45. The number of rotatable bonds is 6. The highest BCUT2D eigenvalue weighted by atomic mass is 32.2. The zero-order chi connectivity index (χ0) is 20.2. The third kappa shape index (κ3) is 4.07. The lowest BCUT2D eigenvalue weighted by atomic mass is 9.97. The summed E-state index contributed by atoms with van der Waals surface area (Å²) in [6.07, 6.45) is 4.45. The van der Waals surface area contributed by atoms with Crippen LogP contribution < -0.4 is 10.9 Å². The van der Waals surface area contributed by atoms with Crippen molar-refractivity contribution in [2.75, 3.05) is 12.3 Å². The largest absolute Gasteiger partial charge is 0.354 e. The number of fused-ring (bicyclic) bond motifs is 3. The van der Waals surface area contributed by atoms with Gasteiger partial charge in [0, 0.05) is 11.4 Å². The van der Waals surface area contributed by atoms with E-state index < -0.39 is 0 Å². The van der Waals surface area contributed by atoms with Gasteiger partial charge in [-0.15, -0.1) is 11.3 Å². The van der Waals surface area contributed by atoms with Crippen molar-refractivity contribution in [1.29, 1.82) is 5.26 Å². The van der Waals surface area contributed by atoms with Crippen molar-refractivity contribution in [2.24, 2.45) is 0 Å². The molecule has 0 saturated carbocycles. The molecule has 3 aromatic rings. The Kier molecular flexibility index (Phi) is 5.97. The molecule has 0 saturated heterocycles. The van der Waals surface area contributed by atoms with Crippen LogP contribution in [0.5, 0.6) is 0 Å². The molecule has 0 atom stereocenters. The lowest BCUT2D eigenvalue weighted by Crippen LogP contribution is -2.27. The Labute approximate surface area is 176 Å². The van der Waals surface area contributed by atoms with Gasteiger partial charge in [-0.3, -0.25) is 14.2 Å². The number of benzene rings is 1. The van der Waals surface area contributed by atoms with Gasteiger partial charge in [0.1, 0.15) is 4.83 Å². The van der Waals surface area contributed by atoms with Crippen LogP contribution in [0.3, 0.4) is 0 Å². The number of thiophene rings is 1. The molecule has 1 aromatic carbocycles. The fourth-order valence-corrected chi connectivity index (χ4v) is 5.67. The Balaban J connectivity index is 1.75. The van der Waals surface area contributed by atoms with Crippen molar-refractivity contribution in [3.63, 3.8) is 0 Å². The van der Waals surface area contributed by atoms with Crippen LogP contribution in [0.2, 0.25) is 0 Å². The van der Waals surface area contributed by atoms with Gasteiger partial charge in [0.2, 0.25) is 5.91 Å². The Hall–Kier alpha value is -2.63. The maximum absolute atomic E-state index is 13.5. The number of carbonyl (C=O) groups excluding carboxylic acids is 1. The summed E-state index contributed by atoms with van der Waals surface area (Å²) >= 11 is 2.86. The van der Waals surface area contributed by atoms with Crippen molar-refractivity contribution < 1.29 is 4.79 Å². The molecule has 6 nitrogen and oxygen atoms in total. The van der Waals surface area contributed by atoms with E-state index in [4.69, 9.17) is 10.2 Å². The van der Waals surface area contributed by atoms with Crippen LogP contribution in [-0.4, -0.2) is 27.8 Å². The standard InChI is InChI=1S/C21H20N4O2S2/c22-11-6-12-23-17(26)13-28-21-24-19-18(15-9-4-5-10-16(15)29-19)20(27)25(21)14-7-2-1-3-8-14/h1-3,7-8H,4-6,9-10,12-13H2,(H,23,26). The second kappa shape index (κ2) is 8.80. The Bertz CT molecular complexity index is 1150. The minimum atomic E-state index is -0.176. The fraction of sp³-hybridized carbons (Fsp3) is 0.333. The molecule has 4 rings (SSSR count). The Morgan fingerprint density at radius 1 is 1.28 bits per heavy atom. The lowest BCUT2D eigenvalue weighted by molar-refractivity contribution is -0.118. The Morgan fingerprint density at radius 2 is 2.07 bits per heavy atom. The molecule has 0 fully saturated rings. The SMILES string of the molecule is N#CCCNC(=O)CSc1nc2sc3c(c2c(=O)n1-c1ccccc1)CCCC3. The summed E-state index contributed by atoms with van der Waals surface area (Å²) in [6.45, 7) is 0.325. The molecule has 0 bridgehead atoms. The van der Waals surface area contributed by atoms with E-state index in [9.17, 15) is 9.59 Å². The topological polar surface area (TPSA) is 87.8 Å². The van der Waals surface area contributed by atoms with Gasteiger partial charge in [-0.05, 0) is 43.4 Å². The molecule has 1 aliphatic rings. The van der Waals surface area contributed by atoms with E-state index in [1.165, 1.54) is 16.6 Å². The molecular weight excluding hydrogens is 404 g/mol. The van der Waals surface area contributed by atoms with Gasteiger partial charge in [0.05, 0.1) is 29.3 Å².